The van der Waals surface area contributed by atoms with Crippen LogP contribution in [0.3, 0.4) is 0 Å². The minimum Gasteiger partial charge on any atom is -0.468 e. The molecule has 2 rings (SSSR count). The van der Waals surface area contributed by atoms with Gasteiger partial charge in [0.15, 0.2) is 0 Å². The van der Waals surface area contributed by atoms with Crippen molar-refractivity contribution in [1.29, 1.82) is 0 Å². The molecule has 1 saturated carbocycles. The standard InChI is InChI=1S/C12H19NOS/c1-9(13)12(11-7-4-8-14-11)15-10-5-2-3-6-10/h4,7-10,12H,2-3,5-6,13H2,1H3. The van der Waals surface area contributed by atoms with Gasteiger partial charge in [-0.3, -0.25) is 0 Å². The van der Waals surface area contributed by atoms with E-state index in [0.29, 0.717) is 5.25 Å². The van der Waals surface area contributed by atoms with Gasteiger partial charge in [-0.05, 0) is 31.9 Å². The maximum Gasteiger partial charge on any atom is 0.118 e. The van der Waals surface area contributed by atoms with Crippen LogP contribution in [0.2, 0.25) is 0 Å². The topological polar surface area (TPSA) is 39.2 Å². The molecule has 1 aromatic heterocycles. The van der Waals surface area contributed by atoms with Gasteiger partial charge in [-0.1, -0.05) is 12.8 Å². The Morgan fingerprint density at radius 3 is 2.73 bits per heavy atom. The molecule has 3 heteroatoms. The monoisotopic (exact) mass is 225 g/mol. The molecule has 0 aromatic carbocycles. The molecular formula is C12H19NOS. The van der Waals surface area contributed by atoms with Crippen LogP contribution in [0.15, 0.2) is 22.8 Å². The predicted octanol–water partition coefficient (Wildman–Crippen LogP) is 3.34. The lowest BCUT2D eigenvalue weighted by atomic mass is 10.2. The molecular weight excluding hydrogens is 206 g/mol. The summed E-state index contributed by atoms with van der Waals surface area (Å²) in [6.07, 6.45) is 7.17. The number of nitrogens with two attached hydrogens (primary N) is 1. The van der Waals surface area contributed by atoms with Crippen molar-refractivity contribution < 1.29 is 4.42 Å². The largest absolute Gasteiger partial charge is 0.468 e. The molecule has 0 bridgehead atoms. The molecule has 2 nitrogen and oxygen atoms in total. The van der Waals surface area contributed by atoms with E-state index >= 15 is 0 Å². The van der Waals surface area contributed by atoms with Crippen molar-refractivity contribution in [3.05, 3.63) is 24.2 Å². The second-order valence-corrected chi connectivity index (χ2v) is 5.78. The SMILES string of the molecule is CC(N)C(SC1CCCC1)c1ccco1. The van der Waals surface area contributed by atoms with Gasteiger partial charge in [0.05, 0.1) is 11.5 Å². The van der Waals surface area contributed by atoms with Crippen LogP contribution in [0.1, 0.15) is 43.6 Å². The van der Waals surface area contributed by atoms with Gasteiger partial charge in [0.25, 0.3) is 0 Å². The maximum absolute atomic E-state index is 6.03. The van der Waals surface area contributed by atoms with Crippen LogP contribution in [0, 0.1) is 0 Å². The molecule has 2 unspecified atom stereocenters. The van der Waals surface area contributed by atoms with E-state index in [1.165, 1.54) is 25.7 Å². The first kappa shape index (κ1) is 11.1. The Labute approximate surface area is 95.6 Å². The van der Waals surface area contributed by atoms with Crippen molar-refractivity contribution in [2.45, 2.75) is 49.1 Å². The maximum atomic E-state index is 6.03. The highest BCUT2D eigenvalue weighted by molar-refractivity contribution is 8.00. The fourth-order valence-electron chi connectivity index (χ4n) is 2.14. The van der Waals surface area contributed by atoms with Crippen LogP contribution in [-0.2, 0) is 0 Å². The lowest BCUT2D eigenvalue weighted by molar-refractivity contribution is 0.486. The fourth-order valence-corrected chi connectivity index (χ4v) is 3.67. The van der Waals surface area contributed by atoms with Crippen LogP contribution >= 0.6 is 11.8 Å². The van der Waals surface area contributed by atoms with E-state index in [2.05, 4.69) is 6.92 Å². The molecule has 0 saturated heterocycles. The van der Waals surface area contributed by atoms with Gasteiger partial charge >= 0.3 is 0 Å². The summed E-state index contributed by atoms with van der Waals surface area (Å²) in [6.45, 7) is 2.06. The summed E-state index contributed by atoms with van der Waals surface area (Å²) in [5, 5.41) is 1.11. The van der Waals surface area contributed by atoms with Gasteiger partial charge in [0, 0.05) is 11.3 Å². The molecule has 1 heterocycles. The van der Waals surface area contributed by atoms with E-state index < -0.39 is 0 Å². The molecule has 2 N–H and O–H groups in total. The molecule has 15 heavy (non-hydrogen) atoms. The minimum atomic E-state index is 0.154. The minimum absolute atomic E-state index is 0.154. The van der Waals surface area contributed by atoms with Crippen molar-refractivity contribution in [1.82, 2.24) is 0 Å². The van der Waals surface area contributed by atoms with Gasteiger partial charge in [-0.15, -0.1) is 11.8 Å². The van der Waals surface area contributed by atoms with E-state index in [4.69, 9.17) is 10.2 Å². The zero-order chi connectivity index (χ0) is 10.7. The zero-order valence-electron chi connectivity index (χ0n) is 9.19. The predicted molar refractivity (Wildman–Crippen MR) is 64.9 cm³/mol. The van der Waals surface area contributed by atoms with Gasteiger partial charge in [-0.2, -0.15) is 0 Å². The Bertz CT molecular complexity index is 278. The Kier molecular flexibility index (Phi) is 3.76. The van der Waals surface area contributed by atoms with E-state index in [9.17, 15) is 0 Å². The highest BCUT2D eigenvalue weighted by Gasteiger charge is 2.25. The second kappa shape index (κ2) is 5.08. The van der Waals surface area contributed by atoms with Crippen LogP contribution < -0.4 is 5.73 Å². The van der Waals surface area contributed by atoms with E-state index in [0.717, 1.165) is 11.0 Å². The molecule has 0 amide bonds. The number of rotatable bonds is 4. The van der Waals surface area contributed by atoms with Gasteiger partial charge in [0.2, 0.25) is 0 Å². The normalized spacial score (nSPS) is 21.7. The number of hydrogen-bond acceptors (Lipinski definition) is 3. The third-order valence-electron chi connectivity index (χ3n) is 2.94. The van der Waals surface area contributed by atoms with Crippen LogP contribution in [-0.4, -0.2) is 11.3 Å². The summed E-state index contributed by atoms with van der Waals surface area (Å²) in [5.41, 5.74) is 6.03. The summed E-state index contributed by atoms with van der Waals surface area (Å²) in [6, 6.07) is 4.14. The van der Waals surface area contributed by atoms with E-state index in [1.807, 2.05) is 23.9 Å². The summed E-state index contributed by atoms with van der Waals surface area (Å²) >= 11 is 2.00. The molecule has 1 fully saturated rings. The van der Waals surface area contributed by atoms with Crippen LogP contribution in [0.5, 0.6) is 0 Å². The van der Waals surface area contributed by atoms with Gasteiger partial charge in [-0.25, -0.2) is 0 Å². The molecule has 1 aliphatic carbocycles. The highest BCUT2D eigenvalue weighted by atomic mass is 32.2. The van der Waals surface area contributed by atoms with Crippen molar-refractivity contribution in [3.63, 3.8) is 0 Å². The smallest absolute Gasteiger partial charge is 0.118 e. The first-order valence-corrected chi connectivity index (χ1v) is 6.66. The fraction of sp³-hybridized carbons (Fsp3) is 0.667. The number of hydrogen-bond donors (Lipinski definition) is 1. The average Bonchev–Trinajstić information content (AvgIpc) is 2.87. The second-order valence-electron chi connectivity index (χ2n) is 4.34. The van der Waals surface area contributed by atoms with Gasteiger partial charge < -0.3 is 10.2 Å². The van der Waals surface area contributed by atoms with E-state index in [1.54, 1.807) is 6.26 Å². The summed E-state index contributed by atoms with van der Waals surface area (Å²) in [7, 11) is 0. The van der Waals surface area contributed by atoms with Crippen LogP contribution in [0.25, 0.3) is 0 Å². The molecule has 2 atom stereocenters. The quantitative estimate of drug-likeness (QED) is 0.854. The van der Waals surface area contributed by atoms with Crippen molar-refractivity contribution in [2.75, 3.05) is 0 Å². The van der Waals surface area contributed by atoms with Gasteiger partial charge in [0.1, 0.15) is 5.76 Å². The Morgan fingerprint density at radius 2 is 2.20 bits per heavy atom. The Hall–Kier alpha value is -0.410. The summed E-state index contributed by atoms with van der Waals surface area (Å²) in [5.74, 6) is 1.03. The third-order valence-corrected chi connectivity index (χ3v) is 4.75. The number of thioether (sulfide) groups is 1. The van der Waals surface area contributed by atoms with Crippen molar-refractivity contribution >= 4 is 11.8 Å². The Morgan fingerprint density at radius 1 is 1.47 bits per heavy atom. The summed E-state index contributed by atoms with van der Waals surface area (Å²) < 4.78 is 5.47. The summed E-state index contributed by atoms with van der Waals surface area (Å²) in [4.78, 5) is 0. The molecule has 0 spiro atoms. The molecule has 1 aliphatic rings. The lowest BCUT2D eigenvalue weighted by Crippen LogP contribution is -2.23. The van der Waals surface area contributed by atoms with Crippen molar-refractivity contribution in [2.24, 2.45) is 5.73 Å². The Balaban J connectivity index is 2.00. The zero-order valence-corrected chi connectivity index (χ0v) is 10.0. The highest BCUT2D eigenvalue weighted by Crippen LogP contribution is 2.40. The van der Waals surface area contributed by atoms with E-state index in [-0.39, 0.29) is 6.04 Å². The average molecular weight is 225 g/mol. The molecule has 0 radical (unpaired) electrons. The first-order valence-electron chi connectivity index (χ1n) is 5.72. The molecule has 1 aromatic rings. The molecule has 84 valence electrons. The third kappa shape index (κ3) is 2.79. The molecule has 0 aliphatic heterocycles. The van der Waals surface area contributed by atoms with Crippen LogP contribution in [0.4, 0.5) is 0 Å². The number of furan rings is 1. The lowest BCUT2D eigenvalue weighted by Gasteiger charge is -2.21. The first-order chi connectivity index (χ1) is 7.27. The van der Waals surface area contributed by atoms with Crippen molar-refractivity contribution in [3.8, 4) is 0 Å².